The second-order valence-corrected chi connectivity index (χ2v) is 7.43. The Morgan fingerprint density at radius 2 is 2.11 bits per heavy atom. The number of aryl methyl sites for hydroxylation is 2. The Bertz CT molecular complexity index is 563. The fraction of sp³-hybridized carbons (Fsp3) is 0.286. The van der Waals surface area contributed by atoms with Crippen LogP contribution in [0.4, 0.5) is 0 Å². The summed E-state index contributed by atoms with van der Waals surface area (Å²) in [5, 5.41) is 0.799. The van der Waals surface area contributed by atoms with E-state index in [4.69, 9.17) is 17.4 Å². The number of benzene rings is 1. The summed E-state index contributed by atoms with van der Waals surface area (Å²) >= 11 is 11.5. The fourth-order valence-electron chi connectivity index (χ4n) is 1.93. The first-order chi connectivity index (χ1) is 9.01. The third-order valence-corrected chi connectivity index (χ3v) is 5.66. The predicted octanol–water partition coefficient (Wildman–Crippen LogP) is 4.53. The third kappa shape index (κ3) is 3.58. The minimum absolute atomic E-state index is 0.0789. The van der Waals surface area contributed by atoms with Gasteiger partial charge < -0.3 is 0 Å². The molecule has 5 heteroatoms. The van der Waals surface area contributed by atoms with E-state index in [1.807, 2.05) is 13.0 Å². The summed E-state index contributed by atoms with van der Waals surface area (Å²) in [6.45, 7) is 4.12. The van der Waals surface area contributed by atoms with Crippen LogP contribution < -0.4 is 11.3 Å². The summed E-state index contributed by atoms with van der Waals surface area (Å²) in [6.07, 6.45) is 0.780. The normalized spacial score (nSPS) is 12.7. The summed E-state index contributed by atoms with van der Waals surface area (Å²) < 4.78 is 1.15. The monoisotopic (exact) mass is 358 g/mol. The van der Waals surface area contributed by atoms with Crippen LogP contribution in [0.15, 0.2) is 28.1 Å². The predicted molar refractivity (Wildman–Crippen MR) is 86.7 cm³/mol. The van der Waals surface area contributed by atoms with Gasteiger partial charge in [0.05, 0.1) is 9.83 Å². The van der Waals surface area contributed by atoms with Crippen molar-refractivity contribution in [1.82, 2.24) is 5.43 Å². The Balaban J connectivity index is 2.23. The molecule has 1 atom stereocenters. The van der Waals surface area contributed by atoms with Gasteiger partial charge in [0.2, 0.25) is 0 Å². The van der Waals surface area contributed by atoms with Crippen molar-refractivity contribution in [3.05, 3.63) is 54.6 Å². The molecule has 0 radical (unpaired) electrons. The SMILES string of the molecule is Cc1ccc(CC(NN)c2cc(C)c(Br)s2)c(Cl)c1. The van der Waals surface area contributed by atoms with Gasteiger partial charge >= 0.3 is 0 Å². The number of hydrogen-bond acceptors (Lipinski definition) is 3. The molecule has 1 heterocycles. The quantitative estimate of drug-likeness (QED) is 0.622. The Kier molecular flexibility index (Phi) is 5.03. The highest BCUT2D eigenvalue weighted by Crippen LogP contribution is 2.33. The summed E-state index contributed by atoms with van der Waals surface area (Å²) in [4.78, 5) is 1.21. The fourth-order valence-corrected chi connectivity index (χ4v) is 3.88. The van der Waals surface area contributed by atoms with Crippen LogP contribution in [0.25, 0.3) is 0 Å². The minimum Gasteiger partial charge on any atom is -0.271 e. The molecule has 2 rings (SSSR count). The molecule has 1 unspecified atom stereocenters. The van der Waals surface area contributed by atoms with E-state index in [1.165, 1.54) is 16.0 Å². The maximum Gasteiger partial charge on any atom is 0.0731 e. The number of rotatable bonds is 4. The average Bonchev–Trinajstić information content (AvgIpc) is 2.68. The molecule has 2 nitrogen and oxygen atoms in total. The van der Waals surface area contributed by atoms with E-state index >= 15 is 0 Å². The molecule has 3 N–H and O–H groups in total. The van der Waals surface area contributed by atoms with Gasteiger partial charge in [-0.2, -0.15) is 0 Å². The van der Waals surface area contributed by atoms with Crippen molar-refractivity contribution >= 4 is 38.9 Å². The van der Waals surface area contributed by atoms with Gasteiger partial charge in [0, 0.05) is 9.90 Å². The molecule has 0 aliphatic carbocycles. The van der Waals surface area contributed by atoms with Crippen molar-refractivity contribution in [2.24, 2.45) is 5.84 Å². The van der Waals surface area contributed by atoms with Gasteiger partial charge in [0.25, 0.3) is 0 Å². The Morgan fingerprint density at radius 1 is 1.37 bits per heavy atom. The zero-order chi connectivity index (χ0) is 14.0. The number of nitrogens with one attached hydrogen (secondary N) is 1. The topological polar surface area (TPSA) is 38.0 Å². The van der Waals surface area contributed by atoms with E-state index in [-0.39, 0.29) is 6.04 Å². The standard InChI is InChI=1S/C14H16BrClN2S/c1-8-3-4-10(11(16)5-8)7-12(18-17)13-6-9(2)14(15)19-13/h3-6,12,18H,7,17H2,1-2H3. The highest BCUT2D eigenvalue weighted by atomic mass is 79.9. The van der Waals surface area contributed by atoms with Crippen LogP contribution >= 0.6 is 38.9 Å². The number of thiophene rings is 1. The number of hydrazine groups is 1. The van der Waals surface area contributed by atoms with Crippen molar-refractivity contribution in [1.29, 1.82) is 0 Å². The minimum atomic E-state index is 0.0789. The lowest BCUT2D eigenvalue weighted by molar-refractivity contribution is 0.560. The molecule has 0 aliphatic rings. The van der Waals surface area contributed by atoms with E-state index in [2.05, 4.69) is 46.5 Å². The van der Waals surface area contributed by atoms with Crippen LogP contribution in [0.1, 0.15) is 27.6 Å². The molecule has 0 saturated carbocycles. The van der Waals surface area contributed by atoms with E-state index in [9.17, 15) is 0 Å². The molecule has 0 amide bonds. The number of nitrogens with two attached hydrogens (primary N) is 1. The van der Waals surface area contributed by atoms with Gasteiger partial charge in [-0.05, 0) is 65.0 Å². The molecule has 19 heavy (non-hydrogen) atoms. The van der Waals surface area contributed by atoms with E-state index in [0.29, 0.717) is 0 Å². The Labute approximate surface area is 131 Å². The van der Waals surface area contributed by atoms with Gasteiger partial charge in [-0.3, -0.25) is 11.3 Å². The third-order valence-electron chi connectivity index (χ3n) is 3.05. The lowest BCUT2D eigenvalue weighted by atomic mass is 10.0. The first-order valence-electron chi connectivity index (χ1n) is 5.98. The smallest absolute Gasteiger partial charge is 0.0731 e. The largest absolute Gasteiger partial charge is 0.271 e. The summed E-state index contributed by atoms with van der Waals surface area (Å²) in [7, 11) is 0. The zero-order valence-corrected chi connectivity index (χ0v) is 14.0. The van der Waals surface area contributed by atoms with Crippen LogP contribution in [0.2, 0.25) is 5.02 Å². The van der Waals surface area contributed by atoms with E-state index in [0.717, 1.165) is 20.8 Å². The molecule has 102 valence electrons. The number of hydrogen-bond donors (Lipinski definition) is 2. The summed E-state index contributed by atoms with van der Waals surface area (Å²) in [5.41, 5.74) is 6.39. The lowest BCUT2D eigenvalue weighted by Gasteiger charge is -2.15. The zero-order valence-electron chi connectivity index (χ0n) is 10.8. The Hall–Kier alpha value is -0.390. The van der Waals surface area contributed by atoms with Crippen molar-refractivity contribution < 1.29 is 0 Å². The average molecular weight is 360 g/mol. The van der Waals surface area contributed by atoms with E-state index < -0.39 is 0 Å². The van der Waals surface area contributed by atoms with Gasteiger partial charge in [0.1, 0.15) is 0 Å². The van der Waals surface area contributed by atoms with Gasteiger partial charge in [-0.1, -0.05) is 23.7 Å². The molecule has 0 spiro atoms. The van der Waals surface area contributed by atoms with Crippen molar-refractivity contribution in [3.8, 4) is 0 Å². The molecule has 1 aromatic heterocycles. The molecule has 0 aliphatic heterocycles. The molecule has 0 saturated heterocycles. The van der Waals surface area contributed by atoms with Gasteiger partial charge in [-0.25, -0.2) is 0 Å². The molecule has 0 bridgehead atoms. The molecule has 2 aromatic rings. The van der Waals surface area contributed by atoms with Crippen LogP contribution in [0.5, 0.6) is 0 Å². The van der Waals surface area contributed by atoms with Gasteiger partial charge in [-0.15, -0.1) is 11.3 Å². The van der Waals surface area contributed by atoms with Crippen molar-refractivity contribution in [3.63, 3.8) is 0 Å². The van der Waals surface area contributed by atoms with Crippen LogP contribution in [-0.2, 0) is 6.42 Å². The highest BCUT2D eigenvalue weighted by Gasteiger charge is 2.16. The molecule has 1 aromatic carbocycles. The summed E-state index contributed by atoms with van der Waals surface area (Å²) in [5.74, 6) is 5.69. The second-order valence-electron chi connectivity index (χ2n) is 4.62. The highest BCUT2D eigenvalue weighted by molar-refractivity contribution is 9.11. The maximum atomic E-state index is 6.28. The first kappa shape index (κ1) is 15.0. The van der Waals surface area contributed by atoms with Crippen LogP contribution in [-0.4, -0.2) is 0 Å². The number of halogens is 2. The summed E-state index contributed by atoms with van der Waals surface area (Å²) in [6, 6.07) is 8.36. The Morgan fingerprint density at radius 3 is 2.63 bits per heavy atom. The maximum absolute atomic E-state index is 6.28. The van der Waals surface area contributed by atoms with Crippen molar-refractivity contribution in [2.75, 3.05) is 0 Å². The second kappa shape index (κ2) is 6.37. The van der Waals surface area contributed by atoms with Crippen molar-refractivity contribution in [2.45, 2.75) is 26.3 Å². The van der Waals surface area contributed by atoms with Crippen LogP contribution in [0.3, 0.4) is 0 Å². The van der Waals surface area contributed by atoms with Gasteiger partial charge in [0.15, 0.2) is 0 Å². The van der Waals surface area contributed by atoms with E-state index in [1.54, 1.807) is 11.3 Å². The first-order valence-corrected chi connectivity index (χ1v) is 7.97. The van der Waals surface area contributed by atoms with Crippen LogP contribution in [0, 0.1) is 13.8 Å². The molecule has 0 fully saturated rings. The molecular formula is C14H16BrClN2S. The lowest BCUT2D eigenvalue weighted by Crippen LogP contribution is -2.29. The molecular weight excluding hydrogens is 344 g/mol.